The lowest BCUT2D eigenvalue weighted by molar-refractivity contribution is 0.132. The maximum absolute atomic E-state index is 15.3. The number of rotatable bonds is 14. The molecule has 1 unspecified atom stereocenters. The van der Waals surface area contributed by atoms with Crippen LogP contribution < -0.4 is 0 Å². The van der Waals surface area contributed by atoms with Crippen LogP contribution in [-0.2, 0) is 44.1 Å². The van der Waals surface area contributed by atoms with Crippen molar-refractivity contribution in [2.24, 2.45) is 0 Å². The molecule has 0 amide bonds. The van der Waals surface area contributed by atoms with Crippen molar-refractivity contribution in [1.29, 1.82) is 0 Å². The van der Waals surface area contributed by atoms with Gasteiger partial charge in [0.05, 0.1) is 47.1 Å². The molecular weight excluding hydrogens is 947 g/mol. The number of benzene rings is 8. The van der Waals surface area contributed by atoms with Crippen LogP contribution in [0.2, 0.25) is 10.0 Å². The minimum Gasteiger partial charge on any atom is -0.384 e. The molecule has 10 aromatic rings. The van der Waals surface area contributed by atoms with Gasteiger partial charge in [0, 0.05) is 43.0 Å². The standard InChI is InChI=1S/C52H39Cl3N4O6S2/c53-25-26-65-32-38-22-24-45-49(52(57-59(45)31-34-10-6-16-40(55)28-34)67(63,64)47-20-8-14-36-12-2-4-18-42(36)47)48(38)50(60)37-21-23-44-43(29-37)51(56-58(44)30-33-9-5-15-39(54)27-33)66(61,62)46-19-7-13-35-11-1-3-17-41(35)46/h1-24,27-29,50,60H,25-26,30-32H2. The van der Waals surface area contributed by atoms with Gasteiger partial charge in [0.25, 0.3) is 0 Å². The Morgan fingerprint density at radius 3 is 1.69 bits per heavy atom. The quantitative estimate of drug-likeness (QED) is 0.0841. The zero-order chi connectivity index (χ0) is 46.5. The van der Waals surface area contributed by atoms with E-state index < -0.39 is 25.8 Å². The van der Waals surface area contributed by atoms with Crippen LogP contribution in [0.1, 0.15) is 33.9 Å². The number of halogens is 3. The summed E-state index contributed by atoms with van der Waals surface area (Å²) in [6, 6.07) is 47.6. The topological polar surface area (TPSA) is 133 Å². The third-order valence-electron chi connectivity index (χ3n) is 11.9. The second kappa shape index (κ2) is 18.2. The average Bonchev–Trinajstić information content (AvgIpc) is 3.89. The first-order chi connectivity index (χ1) is 32.4. The summed E-state index contributed by atoms with van der Waals surface area (Å²) in [5.41, 5.74) is 3.41. The molecule has 10 rings (SSSR count). The van der Waals surface area contributed by atoms with Crippen molar-refractivity contribution in [3.05, 3.63) is 202 Å². The summed E-state index contributed by atoms with van der Waals surface area (Å²) >= 11 is 18.9. The molecule has 1 N–H and O–H groups in total. The van der Waals surface area contributed by atoms with Gasteiger partial charge in [0.2, 0.25) is 19.7 Å². The van der Waals surface area contributed by atoms with Crippen molar-refractivity contribution in [3.8, 4) is 0 Å². The molecule has 0 aliphatic rings. The Balaban J connectivity index is 1.21. The van der Waals surface area contributed by atoms with E-state index >= 15 is 8.42 Å². The molecule has 67 heavy (non-hydrogen) atoms. The maximum atomic E-state index is 15.3. The number of aliphatic hydroxyl groups is 1. The van der Waals surface area contributed by atoms with E-state index in [1.807, 2.05) is 54.6 Å². The molecule has 0 saturated carbocycles. The van der Waals surface area contributed by atoms with E-state index in [1.54, 1.807) is 119 Å². The molecule has 1 atom stereocenters. The van der Waals surface area contributed by atoms with Gasteiger partial charge in [-0.3, -0.25) is 9.36 Å². The first-order valence-electron chi connectivity index (χ1n) is 21.2. The molecule has 10 nitrogen and oxygen atoms in total. The molecule has 0 spiro atoms. The van der Waals surface area contributed by atoms with Crippen molar-refractivity contribution >= 4 is 97.8 Å². The summed E-state index contributed by atoms with van der Waals surface area (Å²) in [6.07, 6.45) is -1.54. The highest BCUT2D eigenvalue weighted by Gasteiger charge is 2.33. The monoisotopic (exact) mass is 984 g/mol. The minimum atomic E-state index is -4.42. The van der Waals surface area contributed by atoms with Gasteiger partial charge in [-0.15, -0.1) is 11.6 Å². The molecule has 8 aromatic carbocycles. The van der Waals surface area contributed by atoms with Crippen LogP contribution in [-0.4, -0.2) is 54.0 Å². The van der Waals surface area contributed by atoms with Crippen LogP contribution in [0, 0.1) is 0 Å². The number of sulfone groups is 2. The molecule has 2 heterocycles. The predicted octanol–water partition coefficient (Wildman–Crippen LogP) is 11.6. The minimum absolute atomic E-state index is 0.0389. The Bertz CT molecular complexity index is 3770. The lowest BCUT2D eigenvalue weighted by atomic mass is 9.93. The molecule has 0 aliphatic carbocycles. The first kappa shape index (κ1) is 44.7. The number of ether oxygens (including phenoxy) is 1. The second-order valence-corrected chi connectivity index (χ2v) is 21.0. The fraction of sp³-hybridized carbons (Fsp3) is 0.115. The largest absolute Gasteiger partial charge is 0.384 e. The van der Waals surface area contributed by atoms with Crippen LogP contribution in [0.25, 0.3) is 43.4 Å². The third kappa shape index (κ3) is 8.37. The number of nitrogens with zero attached hydrogens (tertiary/aromatic N) is 4. The highest BCUT2D eigenvalue weighted by Crippen LogP contribution is 2.41. The fourth-order valence-electron chi connectivity index (χ4n) is 8.80. The highest BCUT2D eigenvalue weighted by atomic mass is 35.5. The summed E-state index contributed by atoms with van der Waals surface area (Å²) in [4.78, 5) is 0.116. The van der Waals surface area contributed by atoms with Gasteiger partial charge in [-0.2, -0.15) is 10.2 Å². The van der Waals surface area contributed by atoms with Crippen molar-refractivity contribution in [2.75, 3.05) is 12.5 Å². The molecule has 0 saturated heterocycles. The molecule has 2 aromatic heterocycles. The van der Waals surface area contributed by atoms with E-state index in [1.165, 1.54) is 0 Å². The first-order valence-corrected chi connectivity index (χ1v) is 25.5. The molecule has 336 valence electrons. The van der Waals surface area contributed by atoms with Crippen LogP contribution >= 0.6 is 34.8 Å². The van der Waals surface area contributed by atoms with Crippen LogP contribution in [0.15, 0.2) is 184 Å². The molecule has 0 radical (unpaired) electrons. The van der Waals surface area contributed by atoms with Gasteiger partial charge in [-0.25, -0.2) is 16.8 Å². The van der Waals surface area contributed by atoms with Crippen LogP contribution in [0.3, 0.4) is 0 Å². The summed E-state index contributed by atoms with van der Waals surface area (Å²) in [5, 5.41) is 26.0. The predicted molar refractivity (Wildman–Crippen MR) is 264 cm³/mol. The number of fused-ring (bicyclic) bond motifs is 4. The smallest absolute Gasteiger partial charge is 0.226 e. The van der Waals surface area contributed by atoms with Gasteiger partial charge < -0.3 is 9.84 Å². The van der Waals surface area contributed by atoms with Crippen LogP contribution in [0.4, 0.5) is 0 Å². The number of aromatic nitrogens is 4. The van der Waals surface area contributed by atoms with Crippen LogP contribution in [0.5, 0.6) is 0 Å². The van der Waals surface area contributed by atoms with E-state index in [-0.39, 0.29) is 73.9 Å². The van der Waals surface area contributed by atoms with E-state index in [0.717, 1.165) is 21.9 Å². The highest BCUT2D eigenvalue weighted by molar-refractivity contribution is 7.92. The molecular formula is C52H39Cl3N4O6S2. The lowest BCUT2D eigenvalue weighted by Crippen LogP contribution is -2.10. The normalized spacial score (nSPS) is 12.7. The zero-order valence-corrected chi connectivity index (χ0v) is 39.3. The number of alkyl halides is 1. The van der Waals surface area contributed by atoms with Crippen molar-refractivity contribution in [2.45, 2.75) is 45.6 Å². The second-order valence-electron chi connectivity index (χ2n) is 16.1. The van der Waals surface area contributed by atoms with Gasteiger partial charge in [-0.05, 0) is 87.6 Å². The van der Waals surface area contributed by atoms with Crippen molar-refractivity contribution in [1.82, 2.24) is 19.6 Å². The summed E-state index contributed by atoms with van der Waals surface area (Å²) in [7, 11) is -8.74. The summed E-state index contributed by atoms with van der Waals surface area (Å²) in [6.45, 7) is 0.472. The van der Waals surface area contributed by atoms with Gasteiger partial charge in [0.1, 0.15) is 6.10 Å². The Hall–Kier alpha value is -6.09. The summed E-state index contributed by atoms with van der Waals surface area (Å²) in [5.74, 6) is 0.197. The maximum Gasteiger partial charge on any atom is 0.226 e. The number of hydrogen-bond donors (Lipinski definition) is 1. The van der Waals surface area contributed by atoms with Gasteiger partial charge in [0.15, 0.2) is 10.1 Å². The summed E-state index contributed by atoms with van der Waals surface area (Å²) < 4.78 is 69.7. The Labute approximate surface area is 401 Å². The fourth-order valence-corrected chi connectivity index (χ4v) is 12.6. The Kier molecular flexibility index (Phi) is 12.1. The zero-order valence-electron chi connectivity index (χ0n) is 35.4. The van der Waals surface area contributed by atoms with Crippen molar-refractivity contribution in [3.63, 3.8) is 0 Å². The van der Waals surface area contributed by atoms with Gasteiger partial charge >= 0.3 is 0 Å². The Morgan fingerprint density at radius 2 is 1.09 bits per heavy atom. The third-order valence-corrected chi connectivity index (χ3v) is 16.0. The van der Waals surface area contributed by atoms with E-state index in [4.69, 9.17) is 49.7 Å². The molecule has 0 aliphatic heterocycles. The van der Waals surface area contributed by atoms with E-state index in [2.05, 4.69) is 0 Å². The molecule has 0 bridgehead atoms. The number of aliphatic hydroxyl groups excluding tert-OH is 1. The molecule has 0 fully saturated rings. The van der Waals surface area contributed by atoms with Gasteiger partial charge in [-0.1, -0.05) is 132 Å². The Morgan fingerprint density at radius 1 is 0.567 bits per heavy atom. The average molecular weight is 986 g/mol. The lowest BCUT2D eigenvalue weighted by Gasteiger charge is -2.19. The molecule has 15 heteroatoms. The van der Waals surface area contributed by atoms with E-state index in [0.29, 0.717) is 37.4 Å². The number of hydrogen-bond acceptors (Lipinski definition) is 8. The van der Waals surface area contributed by atoms with Crippen molar-refractivity contribution < 1.29 is 26.7 Å². The van der Waals surface area contributed by atoms with E-state index in [9.17, 15) is 13.5 Å². The SMILES string of the molecule is O=S(=O)(c1cccc2ccccc12)c1nn(Cc2cccc(Cl)c2)c2ccc(C(O)c3c(COCCCl)ccc4c3c(S(=O)(=O)c3cccc5ccccc35)nn4Cc3cccc(Cl)c3)cc12.